The Morgan fingerprint density at radius 2 is 1.70 bits per heavy atom. The average molecular weight is 458 g/mol. The molecule has 0 saturated carbocycles. The third-order valence-electron chi connectivity index (χ3n) is 5.75. The fourth-order valence-corrected chi connectivity index (χ4v) is 4.19. The Hall–Kier alpha value is -3.85. The van der Waals surface area contributed by atoms with Gasteiger partial charge in [0, 0.05) is 31.7 Å². The molecule has 4 aromatic rings. The number of fused-ring (bicyclic) bond motifs is 1. The van der Waals surface area contributed by atoms with Crippen molar-refractivity contribution in [2.24, 2.45) is 0 Å². The number of hydrogen-bond donors (Lipinski definition) is 1. The number of anilines is 1. The quantitative estimate of drug-likeness (QED) is 0.474. The van der Waals surface area contributed by atoms with Crippen molar-refractivity contribution in [2.45, 2.75) is 6.92 Å². The number of aryl methyl sites for hydroxylation is 1. The number of hydrogen-bond acceptors (Lipinski definition) is 6. The molecule has 1 aliphatic heterocycles. The van der Waals surface area contributed by atoms with E-state index in [1.54, 1.807) is 18.5 Å². The van der Waals surface area contributed by atoms with Crippen molar-refractivity contribution in [1.82, 2.24) is 30.0 Å². The Bertz CT molecular complexity index is 1300. The van der Waals surface area contributed by atoms with E-state index in [1.165, 1.54) is 0 Å². The van der Waals surface area contributed by atoms with Gasteiger partial charge in [0.25, 0.3) is 5.91 Å². The summed E-state index contributed by atoms with van der Waals surface area (Å²) in [5, 5.41) is 8.75. The number of amides is 1. The van der Waals surface area contributed by atoms with E-state index in [0.717, 1.165) is 41.2 Å². The molecule has 3 heterocycles. The summed E-state index contributed by atoms with van der Waals surface area (Å²) in [6.45, 7) is 4.81. The summed E-state index contributed by atoms with van der Waals surface area (Å²) in [5.74, 6) is 0.671. The highest BCUT2D eigenvalue weighted by atomic mass is 32.1. The molecular weight excluding hydrogens is 434 g/mol. The van der Waals surface area contributed by atoms with E-state index < -0.39 is 0 Å². The van der Waals surface area contributed by atoms with Crippen molar-refractivity contribution in [3.05, 3.63) is 78.2 Å². The summed E-state index contributed by atoms with van der Waals surface area (Å²) in [5.41, 5.74) is 3.44. The molecule has 5 rings (SSSR count). The molecule has 33 heavy (non-hydrogen) atoms. The summed E-state index contributed by atoms with van der Waals surface area (Å²) in [7, 11) is 0. The van der Waals surface area contributed by atoms with Crippen LogP contribution in [0.3, 0.4) is 0 Å². The maximum atomic E-state index is 12.5. The lowest BCUT2D eigenvalue weighted by molar-refractivity contribution is 0.0973. The topological polar surface area (TPSA) is 79.2 Å². The van der Waals surface area contributed by atoms with Gasteiger partial charge in [-0.25, -0.2) is 14.6 Å². The standard InChI is InChI=1S/C24H23N7OS/c1-17-7-9-18(10-8-17)23(32)28-24(33)30-13-11-29(12-14-30)21-20-15-27-31(22(20)26-16-25-21)19-5-3-2-4-6-19/h2-10,15-16H,11-14H2,1H3,(H,28,32,33). The van der Waals surface area contributed by atoms with Crippen LogP contribution < -0.4 is 10.2 Å². The SMILES string of the molecule is Cc1ccc(C(=O)NC(=S)N2CCN(c3ncnc4c3cnn4-c3ccccc3)CC2)cc1. The zero-order valence-electron chi connectivity index (χ0n) is 18.2. The lowest BCUT2D eigenvalue weighted by atomic mass is 10.1. The molecular formula is C24H23N7OS. The second-order valence-corrected chi connectivity index (χ2v) is 8.31. The van der Waals surface area contributed by atoms with Gasteiger partial charge >= 0.3 is 0 Å². The van der Waals surface area contributed by atoms with Gasteiger partial charge in [-0.05, 0) is 43.4 Å². The number of thiocarbonyl (C=S) groups is 1. The molecule has 1 N–H and O–H groups in total. The lowest BCUT2D eigenvalue weighted by Crippen LogP contribution is -2.52. The first-order chi connectivity index (χ1) is 16.1. The van der Waals surface area contributed by atoms with Crippen LogP contribution in [0.1, 0.15) is 15.9 Å². The Balaban J connectivity index is 1.26. The maximum Gasteiger partial charge on any atom is 0.257 e. The second-order valence-electron chi connectivity index (χ2n) is 7.93. The van der Waals surface area contributed by atoms with E-state index in [0.29, 0.717) is 23.8 Å². The van der Waals surface area contributed by atoms with Crippen LogP contribution in [0.4, 0.5) is 5.82 Å². The Morgan fingerprint density at radius 1 is 0.970 bits per heavy atom. The Labute approximate surface area is 196 Å². The molecule has 0 spiro atoms. The first-order valence-corrected chi connectivity index (χ1v) is 11.2. The van der Waals surface area contributed by atoms with Crippen LogP contribution in [0.25, 0.3) is 16.7 Å². The minimum absolute atomic E-state index is 0.187. The van der Waals surface area contributed by atoms with Gasteiger partial charge in [0.05, 0.1) is 17.3 Å². The zero-order valence-corrected chi connectivity index (χ0v) is 19.0. The van der Waals surface area contributed by atoms with Crippen LogP contribution >= 0.6 is 12.2 Å². The molecule has 8 nitrogen and oxygen atoms in total. The number of nitrogens with one attached hydrogen (secondary N) is 1. The first kappa shape index (κ1) is 21.0. The third-order valence-corrected chi connectivity index (χ3v) is 6.11. The van der Waals surface area contributed by atoms with Gasteiger partial charge in [0.1, 0.15) is 12.1 Å². The van der Waals surface area contributed by atoms with Crippen LogP contribution in [0.5, 0.6) is 0 Å². The molecule has 2 aromatic carbocycles. The second kappa shape index (κ2) is 8.95. The zero-order chi connectivity index (χ0) is 22.8. The number of carbonyl (C=O) groups excluding carboxylic acids is 1. The molecule has 0 unspecified atom stereocenters. The van der Waals surface area contributed by atoms with Gasteiger partial charge in [-0.3, -0.25) is 10.1 Å². The van der Waals surface area contributed by atoms with Gasteiger partial charge < -0.3 is 9.80 Å². The van der Waals surface area contributed by atoms with Crippen molar-refractivity contribution in [3.8, 4) is 5.69 Å². The van der Waals surface area contributed by atoms with Crippen LogP contribution in [0.2, 0.25) is 0 Å². The summed E-state index contributed by atoms with van der Waals surface area (Å²) < 4.78 is 1.83. The van der Waals surface area contributed by atoms with E-state index >= 15 is 0 Å². The molecule has 0 aliphatic carbocycles. The van der Waals surface area contributed by atoms with Gasteiger partial charge in [0.2, 0.25) is 0 Å². The highest BCUT2D eigenvalue weighted by Crippen LogP contribution is 2.25. The molecule has 9 heteroatoms. The Kier molecular flexibility index (Phi) is 5.70. The molecule has 1 aliphatic rings. The van der Waals surface area contributed by atoms with Crippen molar-refractivity contribution in [3.63, 3.8) is 0 Å². The van der Waals surface area contributed by atoms with E-state index in [1.807, 2.05) is 65.2 Å². The minimum Gasteiger partial charge on any atom is -0.352 e. The number of piperazine rings is 1. The van der Waals surface area contributed by atoms with Crippen LogP contribution in [-0.2, 0) is 0 Å². The number of carbonyl (C=O) groups is 1. The van der Waals surface area contributed by atoms with Gasteiger partial charge in [-0.15, -0.1) is 0 Å². The summed E-state index contributed by atoms with van der Waals surface area (Å²) in [6.07, 6.45) is 3.40. The van der Waals surface area contributed by atoms with E-state index in [4.69, 9.17) is 12.2 Å². The van der Waals surface area contributed by atoms with Crippen molar-refractivity contribution in [1.29, 1.82) is 0 Å². The van der Waals surface area contributed by atoms with E-state index in [2.05, 4.69) is 25.3 Å². The predicted molar refractivity (Wildman–Crippen MR) is 132 cm³/mol. The van der Waals surface area contributed by atoms with E-state index in [9.17, 15) is 4.79 Å². The molecule has 166 valence electrons. The smallest absolute Gasteiger partial charge is 0.257 e. The summed E-state index contributed by atoms with van der Waals surface area (Å²) in [6, 6.07) is 17.4. The van der Waals surface area contributed by atoms with E-state index in [-0.39, 0.29) is 5.91 Å². The number of para-hydroxylation sites is 1. The van der Waals surface area contributed by atoms with Crippen LogP contribution in [0, 0.1) is 6.92 Å². The third kappa shape index (κ3) is 4.27. The largest absolute Gasteiger partial charge is 0.352 e. The van der Waals surface area contributed by atoms with Gasteiger partial charge in [0.15, 0.2) is 10.8 Å². The average Bonchev–Trinajstić information content (AvgIpc) is 3.29. The van der Waals surface area contributed by atoms with Crippen molar-refractivity contribution < 1.29 is 4.79 Å². The van der Waals surface area contributed by atoms with Gasteiger partial charge in [-0.2, -0.15) is 5.10 Å². The molecule has 0 atom stereocenters. The minimum atomic E-state index is -0.187. The summed E-state index contributed by atoms with van der Waals surface area (Å²) in [4.78, 5) is 25.7. The normalized spacial score (nSPS) is 13.8. The Morgan fingerprint density at radius 3 is 2.42 bits per heavy atom. The van der Waals surface area contributed by atoms with Gasteiger partial charge in [-0.1, -0.05) is 35.9 Å². The first-order valence-electron chi connectivity index (χ1n) is 10.8. The molecule has 1 amide bonds. The number of aromatic nitrogens is 4. The van der Waals surface area contributed by atoms with Crippen LogP contribution in [0.15, 0.2) is 67.1 Å². The number of rotatable bonds is 3. The maximum absolute atomic E-state index is 12.5. The highest BCUT2D eigenvalue weighted by Gasteiger charge is 2.23. The molecule has 1 saturated heterocycles. The molecule has 1 fully saturated rings. The number of benzene rings is 2. The predicted octanol–water partition coefficient (Wildman–Crippen LogP) is 2.96. The summed E-state index contributed by atoms with van der Waals surface area (Å²) >= 11 is 5.50. The number of nitrogens with zero attached hydrogens (tertiary/aromatic N) is 6. The molecule has 0 bridgehead atoms. The fraction of sp³-hybridized carbons (Fsp3) is 0.208. The van der Waals surface area contributed by atoms with Crippen molar-refractivity contribution in [2.75, 3.05) is 31.1 Å². The molecule has 2 aromatic heterocycles. The van der Waals surface area contributed by atoms with Crippen LogP contribution in [-0.4, -0.2) is 61.8 Å². The highest BCUT2D eigenvalue weighted by molar-refractivity contribution is 7.80. The lowest BCUT2D eigenvalue weighted by Gasteiger charge is -2.36. The molecule has 0 radical (unpaired) electrons. The monoisotopic (exact) mass is 457 g/mol. The fourth-order valence-electron chi connectivity index (χ4n) is 3.92. The van der Waals surface area contributed by atoms with Crippen molar-refractivity contribution >= 4 is 40.1 Å².